The fourth-order valence-corrected chi connectivity index (χ4v) is 3.55. The van der Waals surface area contributed by atoms with Gasteiger partial charge in [-0.25, -0.2) is 0 Å². The van der Waals surface area contributed by atoms with Gasteiger partial charge in [-0.2, -0.15) is 0 Å². The first-order valence-corrected chi connectivity index (χ1v) is 11.0. The Morgan fingerprint density at radius 2 is 1.88 bits per heavy atom. The zero-order valence-electron chi connectivity index (χ0n) is 18.6. The lowest BCUT2D eigenvalue weighted by Crippen LogP contribution is -2.40. The van der Waals surface area contributed by atoms with Gasteiger partial charge in [-0.15, -0.1) is 0 Å². The van der Waals surface area contributed by atoms with Crippen molar-refractivity contribution in [3.8, 4) is 11.5 Å². The van der Waals surface area contributed by atoms with Crippen molar-refractivity contribution in [1.29, 1.82) is 0 Å². The van der Waals surface area contributed by atoms with Gasteiger partial charge in [-0.1, -0.05) is 24.3 Å². The summed E-state index contributed by atoms with van der Waals surface area (Å²) >= 11 is 0. The molecule has 0 aliphatic carbocycles. The summed E-state index contributed by atoms with van der Waals surface area (Å²) in [5.41, 5.74) is 1.73. The Morgan fingerprint density at radius 1 is 1.06 bits per heavy atom. The van der Waals surface area contributed by atoms with Gasteiger partial charge in [0.1, 0.15) is 11.5 Å². The van der Waals surface area contributed by atoms with Crippen molar-refractivity contribution in [1.82, 2.24) is 10.3 Å². The molecule has 174 valence electrons. The zero-order chi connectivity index (χ0) is 23.8. The molecule has 1 aliphatic heterocycles. The lowest BCUT2D eigenvalue weighted by molar-refractivity contribution is -0.123. The van der Waals surface area contributed by atoms with Crippen molar-refractivity contribution in [2.24, 2.45) is 0 Å². The van der Waals surface area contributed by atoms with E-state index < -0.39 is 0 Å². The molecule has 34 heavy (non-hydrogen) atoms. The quantitative estimate of drug-likeness (QED) is 0.468. The number of carbonyl (C=O) groups excluding carboxylic acids is 3. The number of carbonyl (C=O) groups is 3. The molecule has 1 aliphatic rings. The molecule has 0 atom stereocenters. The van der Waals surface area contributed by atoms with Crippen molar-refractivity contribution >= 4 is 23.3 Å². The fourth-order valence-electron chi connectivity index (χ4n) is 3.55. The van der Waals surface area contributed by atoms with E-state index in [4.69, 9.17) is 9.47 Å². The summed E-state index contributed by atoms with van der Waals surface area (Å²) in [6, 6.07) is 19.6. The standard InChI is InChI=1S/C26H25N3O5/c30-23(17-33-21-8-2-1-3-9-21)19-11-12-24-22(15-19)29(26(32)18-34-24)14-6-10-25(31)28-16-20-7-4-5-13-27-20/h1-5,7-9,11-13,15H,6,10,14,16-18H2,(H,28,31). The molecule has 1 N–H and O–H groups in total. The minimum absolute atomic E-state index is 0.0801. The van der Waals surface area contributed by atoms with Crippen molar-refractivity contribution in [3.05, 3.63) is 84.2 Å². The number of benzene rings is 2. The molecule has 0 fully saturated rings. The second-order valence-electron chi connectivity index (χ2n) is 7.74. The maximum atomic E-state index is 12.7. The highest BCUT2D eigenvalue weighted by Crippen LogP contribution is 2.33. The molecule has 2 amide bonds. The zero-order valence-corrected chi connectivity index (χ0v) is 18.6. The van der Waals surface area contributed by atoms with Crippen molar-refractivity contribution < 1.29 is 23.9 Å². The van der Waals surface area contributed by atoms with E-state index in [1.165, 1.54) is 0 Å². The minimum atomic E-state index is -0.216. The van der Waals surface area contributed by atoms with Gasteiger partial charge in [-0.05, 0) is 48.9 Å². The molecule has 2 aromatic carbocycles. The smallest absolute Gasteiger partial charge is 0.265 e. The summed E-state index contributed by atoms with van der Waals surface area (Å²) in [6.45, 7) is 0.497. The number of nitrogens with zero attached hydrogens (tertiary/aromatic N) is 2. The molecular formula is C26H25N3O5. The normalized spacial score (nSPS) is 12.5. The predicted molar refractivity (Wildman–Crippen MR) is 126 cm³/mol. The van der Waals surface area contributed by atoms with E-state index >= 15 is 0 Å². The lowest BCUT2D eigenvalue weighted by Gasteiger charge is -2.29. The van der Waals surface area contributed by atoms with Crippen LogP contribution in [0.4, 0.5) is 5.69 Å². The average Bonchev–Trinajstić information content (AvgIpc) is 2.88. The number of aromatic nitrogens is 1. The number of anilines is 1. The van der Waals surface area contributed by atoms with E-state index in [1.807, 2.05) is 36.4 Å². The van der Waals surface area contributed by atoms with E-state index in [-0.39, 0.29) is 37.2 Å². The second kappa shape index (κ2) is 11.1. The summed E-state index contributed by atoms with van der Waals surface area (Å²) in [7, 11) is 0. The van der Waals surface area contributed by atoms with Crippen LogP contribution in [0.1, 0.15) is 28.9 Å². The second-order valence-corrected chi connectivity index (χ2v) is 7.74. The number of Topliss-reactive ketones (excluding diaryl/α,β-unsaturated/α-hetero) is 1. The topological polar surface area (TPSA) is 97.8 Å². The Morgan fingerprint density at radius 3 is 2.68 bits per heavy atom. The summed E-state index contributed by atoms with van der Waals surface area (Å²) in [6.07, 6.45) is 2.40. The van der Waals surface area contributed by atoms with E-state index in [9.17, 15) is 14.4 Å². The number of fused-ring (bicyclic) bond motifs is 1. The van der Waals surface area contributed by atoms with Crippen LogP contribution in [0.2, 0.25) is 0 Å². The molecule has 8 nitrogen and oxygen atoms in total. The lowest BCUT2D eigenvalue weighted by atomic mass is 10.1. The number of para-hydroxylation sites is 1. The SMILES string of the molecule is O=C(CCCN1C(=O)COc2ccc(C(=O)COc3ccccc3)cc21)NCc1ccccn1. The van der Waals surface area contributed by atoms with Crippen molar-refractivity contribution in [2.45, 2.75) is 19.4 Å². The van der Waals surface area contributed by atoms with Gasteiger partial charge < -0.3 is 19.7 Å². The molecule has 4 rings (SSSR count). The molecule has 0 saturated carbocycles. The van der Waals surface area contributed by atoms with Crippen LogP contribution in [0.15, 0.2) is 72.9 Å². The first-order chi connectivity index (χ1) is 16.6. The number of amides is 2. The summed E-state index contributed by atoms with van der Waals surface area (Å²) in [5.74, 6) is 0.591. The minimum Gasteiger partial charge on any atom is -0.485 e. The van der Waals surface area contributed by atoms with Crippen molar-refractivity contribution in [2.75, 3.05) is 24.7 Å². The number of pyridine rings is 1. The van der Waals surface area contributed by atoms with Crippen LogP contribution >= 0.6 is 0 Å². The molecule has 0 unspecified atom stereocenters. The Kier molecular flexibility index (Phi) is 7.49. The van der Waals surface area contributed by atoms with Crippen LogP contribution in [0.3, 0.4) is 0 Å². The van der Waals surface area contributed by atoms with Crippen LogP contribution < -0.4 is 19.7 Å². The highest BCUT2D eigenvalue weighted by molar-refractivity contribution is 6.02. The highest BCUT2D eigenvalue weighted by Gasteiger charge is 2.26. The molecule has 1 aromatic heterocycles. The van der Waals surface area contributed by atoms with E-state index in [0.29, 0.717) is 42.3 Å². The van der Waals surface area contributed by atoms with E-state index in [0.717, 1.165) is 5.69 Å². The third-order valence-corrected chi connectivity index (χ3v) is 5.32. The third kappa shape index (κ3) is 5.98. The molecule has 0 spiro atoms. The number of ether oxygens (including phenoxy) is 2. The van der Waals surface area contributed by atoms with Gasteiger partial charge in [-0.3, -0.25) is 19.4 Å². The van der Waals surface area contributed by atoms with E-state index in [1.54, 1.807) is 41.4 Å². The molecule has 0 saturated heterocycles. The number of hydrogen-bond donors (Lipinski definition) is 1. The molecule has 3 aromatic rings. The van der Waals surface area contributed by atoms with Crippen LogP contribution in [0.25, 0.3) is 0 Å². The van der Waals surface area contributed by atoms with E-state index in [2.05, 4.69) is 10.3 Å². The van der Waals surface area contributed by atoms with Gasteiger partial charge in [0, 0.05) is 24.7 Å². The number of ketones is 1. The van der Waals surface area contributed by atoms with Crippen molar-refractivity contribution in [3.63, 3.8) is 0 Å². The average molecular weight is 460 g/mol. The van der Waals surface area contributed by atoms with Gasteiger partial charge in [0.2, 0.25) is 5.91 Å². The molecule has 0 bridgehead atoms. The number of hydrogen-bond acceptors (Lipinski definition) is 6. The first kappa shape index (κ1) is 23.0. The van der Waals surface area contributed by atoms with Gasteiger partial charge in [0.15, 0.2) is 19.0 Å². The largest absolute Gasteiger partial charge is 0.485 e. The maximum absolute atomic E-state index is 12.7. The van der Waals surface area contributed by atoms with Gasteiger partial charge in [0.25, 0.3) is 5.91 Å². The highest BCUT2D eigenvalue weighted by atomic mass is 16.5. The molecule has 0 radical (unpaired) electrons. The summed E-state index contributed by atoms with van der Waals surface area (Å²) in [4.78, 5) is 43.1. The predicted octanol–water partition coefficient (Wildman–Crippen LogP) is 3.17. The Bertz CT molecular complexity index is 1150. The third-order valence-electron chi connectivity index (χ3n) is 5.32. The molecule has 2 heterocycles. The van der Waals surface area contributed by atoms with Crippen LogP contribution in [-0.4, -0.2) is 42.3 Å². The number of nitrogens with one attached hydrogen (secondary N) is 1. The maximum Gasteiger partial charge on any atom is 0.265 e. The fraction of sp³-hybridized carbons (Fsp3) is 0.231. The molecule has 8 heteroatoms. The Balaban J connectivity index is 1.34. The summed E-state index contributed by atoms with van der Waals surface area (Å²) in [5, 5.41) is 2.83. The Hall–Kier alpha value is -4.20. The molecular weight excluding hydrogens is 434 g/mol. The summed E-state index contributed by atoms with van der Waals surface area (Å²) < 4.78 is 11.1. The monoisotopic (exact) mass is 459 g/mol. The van der Waals surface area contributed by atoms with Gasteiger partial charge >= 0.3 is 0 Å². The Labute approximate surface area is 197 Å². The van der Waals surface area contributed by atoms with Crippen LogP contribution in [0.5, 0.6) is 11.5 Å². The first-order valence-electron chi connectivity index (χ1n) is 11.0. The van der Waals surface area contributed by atoms with Crippen LogP contribution in [-0.2, 0) is 16.1 Å². The van der Waals surface area contributed by atoms with Crippen LogP contribution in [0, 0.1) is 0 Å². The van der Waals surface area contributed by atoms with Gasteiger partial charge in [0.05, 0.1) is 17.9 Å². The number of rotatable bonds is 10.